The number of nitrogens with zero attached hydrogens (tertiary/aromatic N) is 2. The van der Waals surface area contributed by atoms with Crippen LogP contribution >= 0.6 is 0 Å². The summed E-state index contributed by atoms with van der Waals surface area (Å²) in [5.41, 5.74) is 0.855. The summed E-state index contributed by atoms with van der Waals surface area (Å²) in [4.78, 5) is 18.0. The van der Waals surface area contributed by atoms with Crippen molar-refractivity contribution in [2.45, 2.75) is 17.9 Å². The van der Waals surface area contributed by atoms with Crippen LogP contribution in [0.25, 0.3) is 0 Å². The van der Waals surface area contributed by atoms with Crippen LogP contribution in [-0.4, -0.2) is 37.0 Å². The van der Waals surface area contributed by atoms with Crippen molar-refractivity contribution < 1.29 is 17.6 Å². The van der Waals surface area contributed by atoms with Crippen molar-refractivity contribution in [1.82, 2.24) is 9.88 Å². The lowest BCUT2D eigenvalue weighted by atomic mass is 10.1. The molecule has 3 rings (SSSR count). The summed E-state index contributed by atoms with van der Waals surface area (Å²) in [5.74, 6) is -0.0370. The van der Waals surface area contributed by atoms with Crippen LogP contribution < -0.4 is 0 Å². The van der Waals surface area contributed by atoms with Crippen LogP contribution in [0.15, 0.2) is 40.0 Å². The predicted molar refractivity (Wildman–Crippen MR) is 74.6 cm³/mol. The van der Waals surface area contributed by atoms with Gasteiger partial charge in [0.2, 0.25) is 0 Å². The maximum atomic E-state index is 12.4. The number of aryl methyl sites for hydroxylation is 1. The van der Waals surface area contributed by atoms with Crippen molar-refractivity contribution >= 4 is 15.7 Å². The van der Waals surface area contributed by atoms with Gasteiger partial charge in [-0.3, -0.25) is 4.79 Å². The van der Waals surface area contributed by atoms with E-state index >= 15 is 0 Å². The fourth-order valence-electron chi connectivity index (χ4n) is 2.57. The summed E-state index contributed by atoms with van der Waals surface area (Å²) in [7, 11) is -1.77. The second kappa shape index (κ2) is 4.70. The average Bonchev–Trinajstić information content (AvgIpc) is 3.00. The van der Waals surface area contributed by atoms with Crippen LogP contribution in [0.3, 0.4) is 0 Å². The molecule has 0 N–H and O–H groups in total. The molecule has 0 fully saturated rings. The largest absolute Gasteiger partial charge is 0.448 e. The topological polar surface area (TPSA) is 80.5 Å². The zero-order valence-corrected chi connectivity index (χ0v) is 12.4. The first-order chi connectivity index (χ1) is 9.92. The monoisotopic (exact) mass is 306 g/mol. The highest BCUT2D eigenvalue weighted by Gasteiger charge is 2.39. The molecule has 1 aliphatic rings. The SMILES string of the molecule is Cc1ocnc1C(=O)N(C)C1CS(=O)(=O)c2ccccc21. The van der Waals surface area contributed by atoms with Gasteiger partial charge < -0.3 is 9.32 Å². The summed E-state index contributed by atoms with van der Waals surface area (Å²) in [5, 5.41) is 0. The molecule has 0 bridgehead atoms. The molecule has 1 amide bonds. The summed E-state index contributed by atoms with van der Waals surface area (Å²) in [6.07, 6.45) is 1.20. The van der Waals surface area contributed by atoms with Crippen molar-refractivity contribution in [3.63, 3.8) is 0 Å². The molecule has 110 valence electrons. The highest BCUT2D eigenvalue weighted by atomic mass is 32.2. The first-order valence-electron chi connectivity index (χ1n) is 6.41. The number of rotatable bonds is 2. The number of oxazole rings is 1. The van der Waals surface area contributed by atoms with Gasteiger partial charge in [0.25, 0.3) is 5.91 Å². The molecule has 1 aliphatic heterocycles. The number of hydrogen-bond acceptors (Lipinski definition) is 5. The van der Waals surface area contributed by atoms with Gasteiger partial charge in [-0.25, -0.2) is 13.4 Å². The number of aromatic nitrogens is 1. The predicted octanol–water partition coefficient (Wildman–Crippen LogP) is 1.58. The number of amides is 1. The Bertz CT molecular complexity index is 810. The standard InChI is InChI=1S/C14H14N2O4S/c1-9-13(15-8-20-9)14(17)16(2)11-7-21(18,19)12-6-4-3-5-10(11)12/h3-6,8,11H,7H2,1-2H3. The summed E-state index contributed by atoms with van der Waals surface area (Å²) in [6.45, 7) is 1.65. The van der Waals surface area contributed by atoms with E-state index in [2.05, 4.69) is 4.98 Å². The van der Waals surface area contributed by atoms with Gasteiger partial charge in [-0.1, -0.05) is 18.2 Å². The van der Waals surface area contributed by atoms with Crippen molar-refractivity contribution in [1.29, 1.82) is 0 Å². The number of benzene rings is 1. The smallest absolute Gasteiger partial charge is 0.276 e. The Kier molecular flexibility index (Phi) is 3.09. The zero-order valence-electron chi connectivity index (χ0n) is 11.6. The minimum atomic E-state index is -3.35. The van der Waals surface area contributed by atoms with E-state index in [4.69, 9.17) is 4.42 Å². The van der Waals surface area contributed by atoms with Crippen molar-refractivity contribution in [3.8, 4) is 0 Å². The third kappa shape index (κ3) is 2.13. The van der Waals surface area contributed by atoms with Crippen molar-refractivity contribution in [2.24, 2.45) is 0 Å². The Morgan fingerprint density at radius 2 is 2.10 bits per heavy atom. The Morgan fingerprint density at radius 1 is 1.38 bits per heavy atom. The molecule has 0 saturated carbocycles. The third-order valence-corrected chi connectivity index (χ3v) is 5.52. The van der Waals surface area contributed by atoms with Gasteiger partial charge in [0.1, 0.15) is 5.76 Å². The summed E-state index contributed by atoms with van der Waals surface area (Å²) in [6, 6.07) is 6.26. The quantitative estimate of drug-likeness (QED) is 0.841. The zero-order chi connectivity index (χ0) is 15.2. The molecular formula is C14H14N2O4S. The van der Waals surface area contributed by atoms with E-state index < -0.39 is 15.9 Å². The van der Waals surface area contributed by atoms with E-state index in [1.165, 1.54) is 11.3 Å². The molecule has 7 heteroatoms. The van der Waals surface area contributed by atoms with Gasteiger partial charge in [-0.2, -0.15) is 0 Å². The number of fused-ring (bicyclic) bond motifs is 1. The minimum absolute atomic E-state index is 0.106. The summed E-state index contributed by atoms with van der Waals surface area (Å²) < 4.78 is 29.4. The van der Waals surface area contributed by atoms with Crippen LogP contribution in [0.1, 0.15) is 27.9 Å². The summed E-state index contributed by atoms with van der Waals surface area (Å²) >= 11 is 0. The van der Waals surface area contributed by atoms with Crippen LogP contribution in [0.4, 0.5) is 0 Å². The first-order valence-corrected chi connectivity index (χ1v) is 8.06. The Morgan fingerprint density at radius 3 is 2.76 bits per heavy atom. The lowest BCUT2D eigenvalue weighted by molar-refractivity contribution is 0.0739. The van der Waals surface area contributed by atoms with Gasteiger partial charge in [-0.15, -0.1) is 0 Å². The molecule has 1 unspecified atom stereocenters. The highest BCUT2D eigenvalue weighted by molar-refractivity contribution is 7.91. The van der Waals surface area contributed by atoms with Gasteiger partial charge in [0.15, 0.2) is 21.9 Å². The van der Waals surface area contributed by atoms with Gasteiger partial charge in [0, 0.05) is 7.05 Å². The molecule has 2 heterocycles. The maximum absolute atomic E-state index is 12.4. The lowest BCUT2D eigenvalue weighted by Crippen LogP contribution is -2.32. The fourth-order valence-corrected chi connectivity index (χ4v) is 4.41. The van der Waals surface area contributed by atoms with Gasteiger partial charge in [0.05, 0.1) is 16.7 Å². The number of sulfone groups is 1. The average molecular weight is 306 g/mol. The fraction of sp³-hybridized carbons (Fsp3) is 0.286. The molecular weight excluding hydrogens is 292 g/mol. The van der Waals surface area contributed by atoms with Crippen LogP contribution in [0, 0.1) is 6.92 Å². The van der Waals surface area contributed by atoms with Crippen LogP contribution in [-0.2, 0) is 9.84 Å². The molecule has 1 atom stereocenters. The first kappa shape index (κ1) is 13.8. The molecule has 21 heavy (non-hydrogen) atoms. The Hall–Kier alpha value is -2.15. The molecule has 0 spiro atoms. The molecule has 1 aromatic heterocycles. The van der Waals surface area contributed by atoms with E-state index in [1.807, 2.05) is 0 Å². The van der Waals surface area contributed by atoms with E-state index in [0.29, 0.717) is 16.2 Å². The van der Waals surface area contributed by atoms with Crippen molar-refractivity contribution in [2.75, 3.05) is 12.8 Å². The molecule has 6 nitrogen and oxygen atoms in total. The second-order valence-electron chi connectivity index (χ2n) is 5.01. The number of carbonyl (C=O) groups excluding carboxylic acids is 1. The molecule has 2 aromatic rings. The second-order valence-corrected chi connectivity index (χ2v) is 7.01. The Labute approximate surface area is 122 Å². The van der Waals surface area contributed by atoms with E-state index in [1.54, 1.807) is 38.2 Å². The maximum Gasteiger partial charge on any atom is 0.276 e. The highest BCUT2D eigenvalue weighted by Crippen LogP contribution is 2.36. The normalized spacial score (nSPS) is 19.2. The van der Waals surface area contributed by atoms with Crippen LogP contribution in [0.5, 0.6) is 0 Å². The molecule has 0 aliphatic carbocycles. The van der Waals surface area contributed by atoms with E-state index in [9.17, 15) is 13.2 Å². The molecule has 0 saturated heterocycles. The lowest BCUT2D eigenvalue weighted by Gasteiger charge is -2.23. The molecule has 1 aromatic carbocycles. The van der Waals surface area contributed by atoms with Gasteiger partial charge in [-0.05, 0) is 18.6 Å². The van der Waals surface area contributed by atoms with E-state index in [-0.39, 0.29) is 17.4 Å². The number of hydrogen-bond donors (Lipinski definition) is 0. The van der Waals surface area contributed by atoms with Crippen LogP contribution in [0.2, 0.25) is 0 Å². The van der Waals surface area contributed by atoms with Gasteiger partial charge >= 0.3 is 0 Å². The minimum Gasteiger partial charge on any atom is -0.448 e. The number of carbonyl (C=O) groups is 1. The van der Waals surface area contributed by atoms with E-state index in [0.717, 1.165) is 0 Å². The van der Waals surface area contributed by atoms with Crippen molar-refractivity contribution in [3.05, 3.63) is 47.7 Å². The Balaban J connectivity index is 1.99. The third-order valence-electron chi connectivity index (χ3n) is 3.73. The molecule has 0 radical (unpaired) electrons.